The minimum atomic E-state index is -0.359. The van der Waals surface area contributed by atoms with Gasteiger partial charge in [-0.15, -0.1) is 0 Å². The van der Waals surface area contributed by atoms with Crippen LogP contribution in [-0.4, -0.2) is 25.4 Å². The zero-order chi connectivity index (χ0) is 17.9. The molecule has 3 heterocycles. The van der Waals surface area contributed by atoms with E-state index in [9.17, 15) is 4.79 Å². The number of benzene rings is 1. The number of carbonyl (C=O) groups excluding carboxylic acids is 1. The van der Waals surface area contributed by atoms with Crippen LogP contribution >= 0.6 is 0 Å². The molecule has 0 fully saturated rings. The Morgan fingerprint density at radius 3 is 2.73 bits per heavy atom. The number of nitrogens with zero attached hydrogens (tertiary/aromatic N) is 4. The minimum Gasteiger partial charge on any atom is -0.441 e. The molecule has 7 nitrogen and oxygen atoms in total. The summed E-state index contributed by atoms with van der Waals surface area (Å²) in [6, 6.07) is 11.2. The van der Waals surface area contributed by atoms with Gasteiger partial charge in [-0.05, 0) is 25.1 Å². The van der Waals surface area contributed by atoms with Crippen molar-refractivity contribution in [3.63, 3.8) is 0 Å². The molecule has 1 N–H and O–H groups in total. The Morgan fingerprint density at radius 2 is 1.96 bits per heavy atom. The molecule has 4 aromatic rings. The second kappa shape index (κ2) is 6.64. The lowest BCUT2D eigenvalue weighted by atomic mass is 10.2. The Morgan fingerprint density at radius 1 is 1.12 bits per heavy atom. The van der Waals surface area contributed by atoms with Crippen LogP contribution in [0.15, 0.2) is 71.9 Å². The lowest BCUT2D eigenvalue weighted by Crippen LogP contribution is -2.15. The molecule has 0 bridgehead atoms. The number of amides is 1. The lowest BCUT2D eigenvalue weighted by Gasteiger charge is -2.10. The third kappa shape index (κ3) is 2.98. The predicted molar refractivity (Wildman–Crippen MR) is 96.0 cm³/mol. The molecule has 7 heteroatoms. The van der Waals surface area contributed by atoms with E-state index in [0.29, 0.717) is 17.3 Å². The molecule has 3 aromatic heterocycles. The fourth-order valence-corrected chi connectivity index (χ4v) is 2.60. The summed E-state index contributed by atoms with van der Waals surface area (Å²) in [6.45, 7) is 1.72. The van der Waals surface area contributed by atoms with Gasteiger partial charge in [0, 0.05) is 24.2 Å². The van der Waals surface area contributed by atoms with E-state index >= 15 is 0 Å². The Bertz CT molecular complexity index is 1040. The summed E-state index contributed by atoms with van der Waals surface area (Å²) in [4.78, 5) is 25.2. The summed E-state index contributed by atoms with van der Waals surface area (Å²) in [6.07, 6.45) is 8.35. The molecule has 1 amide bonds. The molecule has 4 rings (SSSR count). The molecule has 26 heavy (non-hydrogen) atoms. The van der Waals surface area contributed by atoms with Gasteiger partial charge in [0.05, 0.1) is 23.9 Å². The minimum absolute atomic E-state index is 0.240. The van der Waals surface area contributed by atoms with Crippen LogP contribution in [0.3, 0.4) is 0 Å². The molecular weight excluding hydrogens is 330 g/mol. The van der Waals surface area contributed by atoms with Gasteiger partial charge in [-0.25, -0.2) is 9.97 Å². The number of rotatable bonds is 4. The van der Waals surface area contributed by atoms with E-state index in [2.05, 4.69) is 20.3 Å². The van der Waals surface area contributed by atoms with Crippen LogP contribution in [0.2, 0.25) is 0 Å². The summed E-state index contributed by atoms with van der Waals surface area (Å²) in [7, 11) is 0. The first-order valence-corrected chi connectivity index (χ1v) is 7.99. The number of anilines is 1. The van der Waals surface area contributed by atoms with Gasteiger partial charge in [0.1, 0.15) is 5.76 Å². The van der Waals surface area contributed by atoms with E-state index < -0.39 is 0 Å². The number of aryl methyl sites for hydroxylation is 1. The first-order valence-electron chi connectivity index (χ1n) is 7.99. The molecule has 1 aromatic carbocycles. The van der Waals surface area contributed by atoms with Crippen molar-refractivity contribution in [1.29, 1.82) is 0 Å². The second-order valence-corrected chi connectivity index (χ2v) is 5.61. The van der Waals surface area contributed by atoms with Gasteiger partial charge in [-0.1, -0.05) is 18.2 Å². The van der Waals surface area contributed by atoms with Gasteiger partial charge in [-0.2, -0.15) is 0 Å². The van der Waals surface area contributed by atoms with Crippen molar-refractivity contribution >= 4 is 11.6 Å². The Hall–Kier alpha value is -3.74. The Kier molecular flexibility index (Phi) is 4.03. The third-order valence-corrected chi connectivity index (χ3v) is 3.86. The van der Waals surface area contributed by atoms with Crippen LogP contribution in [-0.2, 0) is 0 Å². The normalized spacial score (nSPS) is 10.7. The van der Waals surface area contributed by atoms with Gasteiger partial charge < -0.3 is 14.3 Å². The summed E-state index contributed by atoms with van der Waals surface area (Å²) in [5, 5.41) is 2.85. The van der Waals surface area contributed by atoms with Gasteiger partial charge in [0.15, 0.2) is 5.69 Å². The van der Waals surface area contributed by atoms with Crippen molar-refractivity contribution in [3.05, 3.63) is 79.0 Å². The average Bonchev–Trinajstić information content (AvgIpc) is 3.33. The van der Waals surface area contributed by atoms with Crippen LogP contribution in [0, 0.1) is 6.92 Å². The van der Waals surface area contributed by atoms with Crippen molar-refractivity contribution in [2.75, 3.05) is 5.32 Å². The number of hydrogen-bond acceptors (Lipinski definition) is 5. The first kappa shape index (κ1) is 15.8. The van der Waals surface area contributed by atoms with Crippen molar-refractivity contribution in [1.82, 2.24) is 19.5 Å². The zero-order valence-electron chi connectivity index (χ0n) is 14.0. The van der Waals surface area contributed by atoms with E-state index in [-0.39, 0.29) is 11.6 Å². The van der Waals surface area contributed by atoms with Crippen molar-refractivity contribution in [3.8, 4) is 17.1 Å². The number of nitrogens with one attached hydrogen (secondary N) is 1. The summed E-state index contributed by atoms with van der Waals surface area (Å²) < 4.78 is 7.45. The van der Waals surface area contributed by atoms with Crippen LogP contribution in [0.1, 0.15) is 16.2 Å². The number of aromatic nitrogens is 4. The van der Waals surface area contributed by atoms with Gasteiger partial charge in [0.25, 0.3) is 5.91 Å². The smallest absolute Gasteiger partial charge is 0.278 e. The Balaban J connectivity index is 1.63. The molecule has 128 valence electrons. The maximum absolute atomic E-state index is 12.7. The highest BCUT2D eigenvalue weighted by Crippen LogP contribution is 2.23. The molecule has 0 spiro atoms. The fourth-order valence-electron chi connectivity index (χ4n) is 2.60. The molecule has 0 saturated heterocycles. The van der Waals surface area contributed by atoms with Crippen LogP contribution < -0.4 is 5.32 Å². The Labute approximate surface area is 149 Å². The quantitative estimate of drug-likeness (QED) is 0.612. The van der Waals surface area contributed by atoms with Crippen LogP contribution in [0.4, 0.5) is 5.69 Å². The molecule has 0 aliphatic rings. The van der Waals surface area contributed by atoms with Crippen molar-refractivity contribution < 1.29 is 9.21 Å². The average molecular weight is 345 g/mol. The molecule has 0 radical (unpaired) electrons. The van der Waals surface area contributed by atoms with E-state index in [4.69, 9.17) is 4.42 Å². The first-order chi connectivity index (χ1) is 12.7. The molecule has 0 aliphatic heterocycles. The SMILES string of the molecule is Cc1oc(-c2ccccc2)nc1C(=O)Nc1cnccc1-n1ccnc1. The highest BCUT2D eigenvalue weighted by atomic mass is 16.4. The van der Waals surface area contributed by atoms with Gasteiger partial charge in [-0.3, -0.25) is 9.78 Å². The van der Waals surface area contributed by atoms with Gasteiger partial charge >= 0.3 is 0 Å². The van der Waals surface area contributed by atoms with Crippen molar-refractivity contribution in [2.24, 2.45) is 0 Å². The molecule has 0 saturated carbocycles. The largest absolute Gasteiger partial charge is 0.441 e. The fraction of sp³-hybridized carbons (Fsp3) is 0.0526. The van der Waals surface area contributed by atoms with E-state index in [1.165, 1.54) is 0 Å². The second-order valence-electron chi connectivity index (χ2n) is 5.61. The maximum atomic E-state index is 12.7. The lowest BCUT2D eigenvalue weighted by molar-refractivity contribution is 0.102. The summed E-state index contributed by atoms with van der Waals surface area (Å²) in [5.74, 6) is 0.506. The van der Waals surface area contributed by atoms with E-state index in [1.807, 2.05) is 30.3 Å². The summed E-state index contributed by atoms with van der Waals surface area (Å²) in [5.41, 5.74) is 2.37. The standard InChI is InChI=1S/C19H15N5O2/c1-13-17(23-19(26-13)14-5-3-2-4-6-14)18(25)22-15-11-20-8-7-16(15)24-10-9-21-12-24/h2-12H,1H3,(H,22,25). The molecule has 0 unspecified atom stereocenters. The summed E-state index contributed by atoms with van der Waals surface area (Å²) >= 11 is 0. The molecular formula is C19H15N5O2. The number of pyridine rings is 1. The van der Waals surface area contributed by atoms with E-state index in [1.54, 1.807) is 48.7 Å². The highest BCUT2D eigenvalue weighted by Gasteiger charge is 2.19. The monoisotopic (exact) mass is 345 g/mol. The van der Waals surface area contributed by atoms with Crippen LogP contribution in [0.5, 0.6) is 0 Å². The zero-order valence-corrected chi connectivity index (χ0v) is 14.0. The van der Waals surface area contributed by atoms with E-state index in [0.717, 1.165) is 11.3 Å². The molecule has 0 aliphatic carbocycles. The number of hydrogen-bond donors (Lipinski definition) is 1. The highest BCUT2D eigenvalue weighted by molar-refractivity contribution is 6.04. The third-order valence-electron chi connectivity index (χ3n) is 3.86. The van der Waals surface area contributed by atoms with Gasteiger partial charge in [0.2, 0.25) is 5.89 Å². The number of imidazole rings is 1. The van der Waals surface area contributed by atoms with Crippen molar-refractivity contribution in [2.45, 2.75) is 6.92 Å². The maximum Gasteiger partial charge on any atom is 0.278 e. The number of carbonyl (C=O) groups is 1. The predicted octanol–water partition coefficient (Wildman–Crippen LogP) is 3.48. The topological polar surface area (TPSA) is 85.8 Å². The van der Waals surface area contributed by atoms with Crippen LogP contribution in [0.25, 0.3) is 17.1 Å². The number of oxazole rings is 1. The molecule has 0 atom stereocenters.